The summed E-state index contributed by atoms with van der Waals surface area (Å²) in [5, 5.41) is 31.2. The summed E-state index contributed by atoms with van der Waals surface area (Å²) in [5.74, 6) is 3.77. The molecule has 1 unspecified atom stereocenters. The molecule has 28 heavy (non-hydrogen) atoms. The first-order chi connectivity index (χ1) is 13.2. The molecule has 0 radical (unpaired) electrons. The molecule has 2 N–H and O–H groups in total. The summed E-state index contributed by atoms with van der Waals surface area (Å²) >= 11 is 0. The Morgan fingerprint density at radius 1 is 1.04 bits per heavy atom. The number of aliphatic hydroxyl groups is 2. The third-order valence-corrected chi connectivity index (χ3v) is 10.5. The molecule has 0 saturated heterocycles. The van der Waals surface area contributed by atoms with Gasteiger partial charge in [-0.15, -0.1) is 0 Å². The van der Waals surface area contributed by atoms with Crippen LogP contribution in [0.1, 0.15) is 91.9 Å². The number of rotatable bonds is 3. The Hall–Kier alpha value is -0.590. The van der Waals surface area contributed by atoms with Gasteiger partial charge in [0, 0.05) is 0 Å². The molecule has 10 atom stereocenters. The monoisotopic (exact) mass is 387 g/mol. The molecular formula is C25H41NO2. The van der Waals surface area contributed by atoms with E-state index in [1.165, 1.54) is 38.5 Å². The molecule has 4 rings (SSSR count). The van der Waals surface area contributed by atoms with Crippen LogP contribution in [0.5, 0.6) is 0 Å². The highest BCUT2D eigenvalue weighted by molar-refractivity contribution is 5.15. The molecule has 0 aromatic rings. The first-order valence-electron chi connectivity index (χ1n) is 12.0. The van der Waals surface area contributed by atoms with E-state index < -0.39 is 5.60 Å². The van der Waals surface area contributed by atoms with Crippen LogP contribution >= 0.6 is 0 Å². The molecule has 0 bridgehead atoms. The van der Waals surface area contributed by atoms with Gasteiger partial charge in [0.1, 0.15) is 0 Å². The van der Waals surface area contributed by atoms with Gasteiger partial charge in [-0.3, -0.25) is 0 Å². The van der Waals surface area contributed by atoms with E-state index in [0.717, 1.165) is 30.6 Å². The fourth-order valence-corrected chi connectivity index (χ4v) is 9.01. The number of nitriles is 1. The van der Waals surface area contributed by atoms with Gasteiger partial charge >= 0.3 is 0 Å². The van der Waals surface area contributed by atoms with E-state index in [0.29, 0.717) is 30.1 Å². The molecule has 4 saturated carbocycles. The van der Waals surface area contributed by atoms with Crippen LogP contribution in [-0.2, 0) is 0 Å². The van der Waals surface area contributed by atoms with Crippen molar-refractivity contribution in [2.24, 2.45) is 46.3 Å². The molecule has 0 aliphatic heterocycles. The van der Waals surface area contributed by atoms with Crippen molar-refractivity contribution in [3.63, 3.8) is 0 Å². The number of hydrogen-bond donors (Lipinski definition) is 2. The van der Waals surface area contributed by atoms with E-state index in [2.05, 4.69) is 33.8 Å². The first-order valence-corrected chi connectivity index (χ1v) is 12.0. The fraction of sp³-hybridized carbons (Fsp3) is 0.960. The quantitative estimate of drug-likeness (QED) is 0.645. The molecule has 0 amide bonds. The maximum absolute atomic E-state index is 11.2. The third-order valence-electron chi connectivity index (χ3n) is 10.5. The number of aliphatic hydroxyl groups excluding tert-OH is 1. The Morgan fingerprint density at radius 3 is 2.43 bits per heavy atom. The minimum atomic E-state index is -1.23. The predicted molar refractivity (Wildman–Crippen MR) is 111 cm³/mol. The van der Waals surface area contributed by atoms with Crippen molar-refractivity contribution < 1.29 is 10.2 Å². The third kappa shape index (κ3) is 2.89. The largest absolute Gasteiger partial charge is 0.393 e. The molecule has 0 aromatic heterocycles. The van der Waals surface area contributed by atoms with Gasteiger partial charge in [0.2, 0.25) is 0 Å². The zero-order valence-corrected chi connectivity index (χ0v) is 18.5. The minimum Gasteiger partial charge on any atom is -0.393 e. The van der Waals surface area contributed by atoms with Crippen molar-refractivity contribution in [1.29, 1.82) is 5.26 Å². The first kappa shape index (κ1) is 20.7. The standard InChI is InChI=1S/C25H41NO2/c1-5-6-16(2)18-7-8-19-17-13-22(27)21-14-25(28,15-26)12-11-24(21,4)20(17)9-10-23(18,19)3/h16-22,27-28H,5-14H2,1-4H3/t16-,17+,18-,19+,20+,21?,22+,23-,24-,25-/m1/s1. The number of fused-ring (bicyclic) bond motifs is 5. The summed E-state index contributed by atoms with van der Waals surface area (Å²) in [5.41, 5.74) is -0.699. The minimum absolute atomic E-state index is 0.0766. The fourth-order valence-electron chi connectivity index (χ4n) is 9.01. The average molecular weight is 388 g/mol. The Labute approximate surface area is 171 Å². The second-order valence-corrected chi connectivity index (χ2v) is 11.6. The molecule has 4 fully saturated rings. The van der Waals surface area contributed by atoms with Crippen LogP contribution in [0.3, 0.4) is 0 Å². The van der Waals surface area contributed by atoms with E-state index in [-0.39, 0.29) is 17.4 Å². The highest BCUT2D eigenvalue weighted by Crippen LogP contribution is 2.68. The topological polar surface area (TPSA) is 64.2 Å². The van der Waals surface area contributed by atoms with Crippen LogP contribution in [0.2, 0.25) is 0 Å². The van der Waals surface area contributed by atoms with Crippen LogP contribution in [0.4, 0.5) is 0 Å². The van der Waals surface area contributed by atoms with Gasteiger partial charge in [-0.1, -0.05) is 40.5 Å². The Bertz CT molecular complexity index is 643. The molecule has 3 heteroatoms. The molecule has 3 nitrogen and oxygen atoms in total. The van der Waals surface area contributed by atoms with E-state index in [1.807, 2.05) is 0 Å². The normalized spacial score (nSPS) is 54.2. The van der Waals surface area contributed by atoms with Crippen molar-refractivity contribution in [2.45, 2.75) is 104 Å². The lowest BCUT2D eigenvalue weighted by atomic mass is 9.43. The van der Waals surface area contributed by atoms with E-state index in [9.17, 15) is 15.5 Å². The van der Waals surface area contributed by atoms with Crippen molar-refractivity contribution >= 4 is 0 Å². The lowest BCUT2D eigenvalue weighted by Gasteiger charge is -2.63. The van der Waals surface area contributed by atoms with Crippen molar-refractivity contribution in [2.75, 3.05) is 0 Å². The zero-order chi connectivity index (χ0) is 20.3. The lowest BCUT2D eigenvalue weighted by Crippen LogP contribution is -2.60. The Kier molecular flexibility index (Phi) is 5.16. The van der Waals surface area contributed by atoms with Crippen molar-refractivity contribution in [3.05, 3.63) is 0 Å². The van der Waals surface area contributed by atoms with Crippen LogP contribution in [0.15, 0.2) is 0 Å². The number of hydrogen-bond acceptors (Lipinski definition) is 3. The van der Waals surface area contributed by atoms with Crippen molar-refractivity contribution in [3.8, 4) is 6.07 Å². The molecule has 4 aliphatic rings. The van der Waals surface area contributed by atoms with Gasteiger partial charge in [-0.05, 0) is 97.7 Å². The average Bonchev–Trinajstić information content (AvgIpc) is 3.01. The summed E-state index contributed by atoms with van der Waals surface area (Å²) in [6.45, 7) is 9.74. The van der Waals surface area contributed by atoms with E-state index in [4.69, 9.17) is 0 Å². The second kappa shape index (κ2) is 6.98. The maximum atomic E-state index is 11.2. The van der Waals surface area contributed by atoms with Gasteiger partial charge in [0.25, 0.3) is 0 Å². The van der Waals surface area contributed by atoms with Crippen LogP contribution in [-0.4, -0.2) is 21.9 Å². The van der Waals surface area contributed by atoms with Gasteiger partial charge in [0.05, 0.1) is 12.2 Å². The van der Waals surface area contributed by atoms with E-state index in [1.54, 1.807) is 0 Å². The van der Waals surface area contributed by atoms with Crippen LogP contribution in [0, 0.1) is 57.7 Å². The highest BCUT2D eigenvalue weighted by atomic mass is 16.3. The molecule has 158 valence electrons. The van der Waals surface area contributed by atoms with Gasteiger partial charge in [-0.2, -0.15) is 5.26 Å². The van der Waals surface area contributed by atoms with Gasteiger partial charge in [-0.25, -0.2) is 0 Å². The summed E-state index contributed by atoms with van der Waals surface area (Å²) in [4.78, 5) is 0. The van der Waals surface area contributed by atoms with Gasteiger partial charge in [0.15, 0.2) is 5.60 Å². The molecular weight excluding hydrogens is 346 g/mol. The summed E-state index contributed by atoms with van der Waals surface area (Å²) < 4.78 is 0. The smallest absolute Gasteiger partial charge is 0.151 e. The predicted octanol–water partition coefficient (Wildman–Crippen LogP) is 5.31. The Morgan fingerprint density at radius 2 is 1.75 bits per heavy atom. The number of nitrogens with zero attached hydrogens (tertiary/aromatic N) is 1. The zero-order valence-electron chi connectivity index (χ0n) is 18.5. The SMILES string of the molecule is CCC[C@@H](C)[C@H]1CC[C@H]2[C@@H]3C[C@H](O)C4C[C@@](O)(C#N)CC[C@]4(C)[C@H]3CC[C@]12C. The summed E-state index contributed by atoms with van der Waals surface area (Å²) in [6, 6.07) is 2.14. The lowest BCUT2D eigenvalue weighted by molar-refractivity contribution is -0.181. The summed E-state index contributed by atoms with van der Waals surface area (Å²) in [7, 11) is 0. The molecule has 0 heterocycles. The van der Waals surface area contributed by atoms with E-state index >= 15 is 0 Å². The van der Waals surface area contributed by atoms with Crippen LogP contribution < -0.4 is 0 Å². The second-order valence-electron chi connectivity index (χ2n) is 11.6. The molecule has 4 aliphatic carbocycles. The van der Waals surface area contributed by atoms with Gasteiger partial charge < -0.3 is 10.2 Å². The summed E-state index contributed by atoms with van der Waals surface area (Å²) in [6.07, 6.45) is 10.4. The maximum Gasteiger partial charge on any atom is 0.151 e. The molecule has 0 aromatic carbocycles. The molecule has 0 spiro atoms. The van der Waals surface area contributed by atoms with Crippen LogP contribution in [0.25, 0.3) is 0 Å². The highest BCUT2D eigenvalue weighted by Gasteiger charge is 2.63. The Balaban J connectivity index is 1.60. The van der Waals surface area contributed by atoms with Crippen molar-refractivity contribution in [1.82, 2.24) is 0 Å².